The summed E-state index contributed by atoms with van der Waals surface area (Å²) in [5.41, 5.74) is 1.29. The molecule has 0 radical (unpaired) electrons. The van der Waals surface area contributed by atoms with Crippen molar-refractivity contribution in [3.8, 4) is 5.75 Å². The average Bonchev–Trinajstić information content (AvgIpc) is 2.57. The molecule has 0 saturated heterocycles. The van der Waals surface area contributed by atoms with E-state index in [0.717, 1.165) is 25.0 Å². The number of hydrogen-bond acceptors (Lipinski definition) is 2. The van der Waals surface area contributed by atoms with Crippen molar-refractivity contribution in [3.05, 3.63) is 29.8 Å². The molecule has 1 aromatic rings. The maximum Gasteiger partial charge on any atom is 0.125 e. The molecule has 1 aliphatic rings. The molecule has 1 saturated carbocycles. The lowest BCUT2D eigenvalue weighted by Crippen LogP contribution is -2.34. The van der Waals surface area contributed by atoms with Crippen molar-refractivity contribution in [2.24, 2.45) is 5.41 Å². The second kappa shape index (κ2) is 4.69. The van der Waals surface area contributed by atoms with Crippen LogP contribution in [0.25, 0.3) is 0 Å². The van der Waals surface area contributed by atoms with Crippen LogP contribution in [0.5, 0.6) is 5.75 Å². The molecule has 1 N–H and O–H groups in total. The fourth-order valence-corrected chi connectivity index (χ4v) is 2.43. The highest BCUT2D eigenvalue weighted by Gasteiger charge is 2.42. The number of aliphatic hydroxyl groups is 1. The van der Waals surface area contributed by atoms with Crippen LogP contribution in [0.1, 0.15) is 39.2 Å². The summed E-state index contributed by atoms with van der Waals surface area (Å²) in [4.78, 5) is 0. The number of ether oxygens (including phenoxy) is 1. The lowest BCUT2D eigenvalue weighted by molar-refractivity contribution is 0.00492. The summed E-state index contributed by atoms with van der Waals surface area (Å²) in [6.45, 7) is 6.33. The normalized spacial score (nSPS) is 27.1. The van der Waals surface area contributed by atoms with Crippen LogP contribution in [-0.4, -0.2) is 17.3 Å². The highest BCUT2D eigenvalue weighted by atomic mass is 16.5. The zero-order valence-corrected chi connectivity index (χ0v) is 10.9. The number of aliphatic hydroxyl groups excluding tert-OH is 1. The molecule has 2 nitrogen and oxygen atoms in total. The Labute approximate surface area is 104 Å². The molecular formula is C15H22O2. The van der Waals surface area contributed by atoms with Crippen LogP contribution in [0, 0.1) is 5.41 Å². The second-order valence-corrected chi connectivity index (χ2v) is 5.63. The summed E-state index contributed by atoms with van der Waals surface area (Å²) in [5, 5.41) is 10.2. The van der Waals surface area contributed by atoms with Gasteiger partial charge in [0.2, 0.25) is 0 Å². The molecule has 0 amide bonds. The van der Waals surface area contributed by atoms with Gasteiger partial charge in [-0.3, -0.25) is 0 Å². The third kappa shape index (κ3) is 2.63. The van der Waals surface area contributed by atoms with Gasteiger partial charge in [0.05, 0.1) is 6.10 Å². The van der Waals surface area contributed by atoms with E-state index in [0.29, 0.717) is 0 Å². The van der Waals surface area contributed by atoms with Crippen LogP contribution in [0.2, 0.25) is 0 Å². The van der Waals surface area contributed by atoms with Gasteiger partial charge in [-0.15, -0.1) is 0 Å². The van der Waals surface area contributed by atoms with Crippen molar-refractivity contribution in [2.45, 2.75) is 52.2 Å². The largest absolute Gasteiger partial charge is 0.488 e. The quantitative estimate of drug-likeness (QED) is 0.870. The molecule has 2 atom stereocenters. The third-order valence-corrected chi connectivity index (χ3v) is 3.85. The summed E-state index contributed by atoms with van der Waals surface area (Å²) < 4.78 is 5.87. The van der Waals surface area contributed by atoms with E-state index in [1.807, 2.05) is 12.1 Å². The van der Waals surface area contributed by atoms with Crippen LogP contribution in [-0.2, 0) is 6.42 Å². The Hall–Kier alpha value is -1.02. The third-order valence-electron chi connectivity index (χ3n) is 3.85. The molecule has 17 heavy (non-hydrogen) atoms. The Balaban J connectivity index is 2.01. The van der Waals surface area contributed by atoms with E-state index in [2.05, 4.69) is 32.9 Å². The number of rotatable bonds is 3. The number of aryl methyl sites for hydroxylation is 1. The molecule has 1 fully saturated rings. The molecule has 0 aromatic heterocycles. The van der Waals surface area contributed by atoms with Gasteiger partial charge < -0.3 is 9.84 Å². The van der Waals surface area contributed by atoms with Crippen LogP contribution in [0.15, 0.2) is 24.3 Å². The summed E-state index contributed by atoms with van der Waals surface area (Å²) in [7, 11) is 0. The van der Waals surface area contributed by atoms with E-state index in [1.165, 1.54) is 5.56 Å². The first-order chi connectivity index (χ1) is 8.03. The first-order valence-electron chi connectivity index (χ1n) is 6.46. The molecular weight excluding hydrogens is 212 g/mol. The van der Waals surface area contributed by atoms with E-state index < -0.39 is 0 Å². The van der Waals surface area contributed by atoms with Crippen molar-refractivity contribution in [1.82, 2.24) is 0 Å². The summed E-state index contributed by atoms with van der Waals surface area (Å²) >= 11 is 0. The zero-order valence-electron chi connectivity index (χ0n) is 10.9. The van der Waals surface area contributed by atoms with Gasteiger partial charge >= 0.3 is 0 Å². The fourth-order valence-electron chi connectivity index (χ4n) is 2.43. The summed E-state index contributed by atoms with van der Waals surface area (Å²) in [5.74, 6) is 0.865. The number of hydrogen-bond donors (Lipinski definition) is 1. The maximum absolute atomic E-state index is 10.2. The van der Waals surface area contributed by atoms with Crippen molar-refractivity contribution in [3.63, 3.8) is 0 Å². The van der Waals surface area contributed by atoms with E-state index >= 15 is 0 Å². The fraction of sp³-hybridized carbons (Fsp3) is 0.600. The minimum absolute atomic E-state index is 0.0198. The first kappa shape index (κ1) is 12.4. The second-order valence-electron chi connectivity index (χ2n) is 5.63. The molecule has 0 heterocycles. The molecule has 0 spiro atoms. The van der Waals surface area contributed by atoms with Crippen molar-refractivity contribution in [1.29, 1.82) is 0 Å². The Morgan fingerprint density at radius 1 is 1.29 bits per heavy atom. The van der Waals surface area contributed by atoms with Crippen molar-refractivity contribution in [2.75, 3.05) is 0 Å². The highest BCUT2D eigenvalue weighted by Crippen LogP contribution is 2.39. The Bertz CT molecular complexity index is 367. The maximum atomic E-state index is 10.2. The van der Waals surface area contributed by atoms with Gasteiger partial charge in [-0.2, -0.15) is 0 Å². The minimum atomic E-state index is -0.367. The molecule has 2 unspecified atom stereocenters. The van der Waals surface area contributed by atoms with Gasteiger partial charge in [0.15, 0.2) is 0 Å². The van der Waals surface area contributed by atoms with Gasteiger partial charge in [-0.25, -0.2) is 0 Å². The molecule has 0 aliphatic heterocycles. The van der Waals surface area contributed by atoms with Gasteiger partial charge in [0, 0.05) is 0 Å². The van der Waals surface area contributed by atoms with Crippen LogP contribution in [0.3, 0.4) is 0 Å². The monoisotopic (exact) mass is 234 g/mol. The molecule has 2 heteroatoms. The Morgan fingerprint density at radius 2 is 1.94 bits per heavy atom. The lowest BCUT2D eigenvalue weighted by atomic mass is 9.89. The standard InChI is InChI=1S/C15H22O2/c1-4-11-5-7-12(8-6-11)17-13-9-10-15(2,3)14(13)16/h5-8,13-14,16H,4,9-10H2,1-3H3. The molecule has 1 aliphatic carbocycles. The number of benzene rings is 1. The first-order valence-corrected chi connectivity index (χ1v) is 6.46. The molecule has 2 rings (SSSR count). The average molecular weight is 234 g/mol. The van der Waals surface area contributed by atoms with E-state index in [9.17, 15) is 5.11 Å². The minimum Gasteiger partial charge on any atom is -0.488 e. The smallest absolute Gasteiger partial charge is 0.125 e. The van der Waals surface area contributed by atoms with E-state index in [1.54, 1.807) is 0 Å². The van der Waals surface area contributed by atoms with Crippen LogP contribution >= 0.6 is 0 Å². The SMILES string of the molecule is CCc1ccc(OC2CCC(C)(C)C2O)cc1. The van der Waals surface area contributed by atoms with Gasteiger partial charge in [0.25, 0.3) is 0 Å². The van der Waals surface area contributed by atoms with E-state index in [4.69, 9.17) is 4.74 Å². The van der Waals surface area contributed by atoms with E-state index in [-0.39, 0.29) is 17.6 Å². The molecule has 1 aromatic carbocycles. The lowest BCUT2D eigenvalue weighted by Gasteiger charge is -2.25. The highest BCUT2D eigenvalue weighted by molar-refractivity contribution is 5.27. The Morgan fingerprint density at radius 3 is 2.41 bits per heavy atom. The summed E-state index contributed by atoms with van der Waals surface area (Å²) in [6, 6.07) is 8.16. The van der Waals surface area contributed by atoms with Crippen molar-refractivity contribution >= 4 is 0 Å². The van der Waals surface area contributed by atoms with Gasteiger partial charge in [-0.05, 0) is 42.4 Å². The topological polar surface area (TPSA) is 29.5 Å². The molecule has 0 bridgehead atoms. The molecule has 94 valence electrons. The predicted molar refractivity (Wildman–Crippen MR) is 69.3 cm³/mol. The van der Waals surface area contributed by atoms with Crippen LogP contribution < -0.4 is 4.74 Å². The van der Waals surface area contributed by atoms with Crippen LogP contribution in [0.4, 0.5) is 0 Å². The van der Waals surface area contributed by atoms with Gasteiger partial charge in [-0.1, -0.05) is 32.9 Å². The van der Waals surface area contributed by atoms with Crippen molar-refractivity contribution < 1.29 is 9.84 Å². The predicted octanol–water partition coefficient (Wildman–Crippen LogP) is 3.18. The van der Waals surface area contributed by atoms with Gasteiger partial charge in [0.1, 0.15) is 11.9 Å². The Kier molecular flexibility index (Phi) is 3.43. The zero-order chi connectivity index (χ0) is 12.5. The summed E-state index contributed by atoms with van der Waals surface area (Å²) in [6.07, 6.45) is 2.57.